The van der Waals surface area contributed by atoms with Gasteiger partial charge >= 0.3 is 5.97 Å². The average Bonchev–Trinajstić information content (AvgIpc) is 2.76. The van der Waals surface area contributed by atoms with Gasteiger partial charge in [0.1, 0.15) is 0 Å². The van der Waals surface area contributed by atoms with Crippen molar-refractivity contribution in [1.82, 2.24) is 10.3 Å². The minimum absolute atomic E-state index is 0.181. The van der Waals surface area contributed by atoms with Gasteiger partial charge in [0, 0.05) is 18.0 Å². The van der Waals surface area contributed by atoms with Crippen LogP contribution in [0.25, 0.3) is 0 Å². The van der Waals surface area contributed by atoms with E-state index in [2.05, 4.69) is 10.3 Å². The molecule has 1 heterocycles. The Balaban J connectivity index is 1.81. The molecule has 0 unspecified atom stereocenters. The molecule has 1 fully saturated rings. The summed E-state index contributed by atoms with van der Waals surface area (Å²) in [6.07, 6.45) is 6.41. The van der Waals surface area contributed by atoms with Gasteiger partial charge in [0.15, 0.2) is 0 Å². The van der Waals surface area contributed by atoms with E-state index in [1.807, 2.05) is 5.38 Å². The zero-order valence-corrected chi connectivity index (χ0v) is 9.92. The number of hydrogen-bond donors (Lipinski definition) is 2. The number of aromatic nitrogens is 1. The molecule has 16 heavy (non-hydrogen) atoms. The van der Waals surface area contributed by atoms with Crippen molar-refractivity contribution < 1.29 is 9.90 Å². The van der Waals surface area contributed by atoms with Gasteiger partial charge in [0.05, 0.1) is 5.69 Å². The molecule has 1 aliphatic rings. The van der Waals surface area contributed by atoms with E-state index in [1.54, 1.807) is 0 Å². The molecule has 0 atom stereocenters. The topological polar surface area (TPSA) is 62.2 Å². The molecule has 0 bridgehead atoms. The fourth-order valence-electron chi connectivity index (χ4n) is 2.04. The Morgan fingerprint density at radius 2 is 2.25 bits per heavy atom. The lowest BCUT2D eigenvalue weighted by Gasteiger charge is -2.22. The molecule has 0 aromatic carbocycles. The SMILES string of the molecule is O=C(O)c1nc(CNC2CCCCC2)cs1. The fraction of sp³-hybridized carbons (Fsp3) is 0.636. The third kappa shape index (κ3) is 3.02. The summed E-state index contributed by atoms with van der Waals surface area (Å²) in [6.45, 7) is 0.689. The molecule has 1 saturated carbocycles. The molecular formula is C11H16N2O2S. The predicted molar refractivity (Wildman–Crippen MR) is 62.8 cm³/mol. The predicted octanol–water partition coefficient (Wildman–Crippen LogP) is 2.26. The number of carboxylic acids is 1. The molecular weight excluding hydrogens is 224 g/mol. The van der Waals surface area contributed by atoms with E-state index in [4.69, 9.17) is 5.11 Å². The van der Waals surface area contributed by atoms with Gasteiger partial charge in [-0.1, -0.05) is 19.3 Å². The number of rotatable bonds is 4. The highest BCUT2D eigenvalue weighted by atomic mass is 32.1. The van der Waals surface area contributed by atoms with Crippen LogP contribution in [0.2, 0.25) is 0 Å². The van der Waals surface area contributed by atoms with Gasteiger partial charge in [-0.2, -0.15) is 0 Å². The fourth-order valence-corrected chi connectivity index (χ4v) is 2.70. The molecule has 2 N–H and O–H groups in total. The van der Waals surface area contributed by atoms with Crippen LogP contribution in [0.1, 0.15) is 47.6 Å². The Morgan fingerprint density at radius 3 is 2.88 bits per heavy atom. The highest BCUT2D eigenvalue weighted by Crippen LogP contribution is 2.18. The van der Waals surface area contributed by atoms with Crippen LogP contribution >= 0.6 is 11.3 Å². The van der Waals surface area contributed by atoms with Crippen molar-refractivity contribution >= 4 is 17.3 Å². The van der Waals surface area contributed by atoms with E-state index in [1.165, 1.54) is 43.4 Å². The number of nitrogens with zero attached hydrogens (tertiary/aromatic N) is 1. The lowest BCUT2D eigenvalue weighted by Crippen LogP contribution is -2.30. The summed E-state index contributed by atoms with van der Waals surface area (Å²) in [5.74, 6) is -0.936. The van der Waals surface area contributed by atoms with Crippen molar-refractivity contribution in [3.8, 4) is 0 Å². The van der Waals surface area contributed by atoms with Crippen molar-refractivity contribution in [3.63, 3.8) is 0 Å². The van der Waals surface area contributed by atoms with Crippen LogP contribution in [0, 0.1) is 0 Å². The van der Waals surface area contributed by atoms with Crippen molar-refractivity contribution in [1.29, 1.82) is 0 Å². The quantitative estimate of drug-likeness (QED) is 0.847. The number of hydrogen-bond acceptors (Lipinski definition) is 4. The number of carboxylic acid groups (broad SMARTS) is 1. The van der Waals surface area contributed by atoms with Crippen molar-refractivity contribution in [2.24, 2.45) is 0 Å². The summed E-state index contributed by atoms with van der Waals surface area (Å²) in [4.78, 5) is 14.7. The lowest BCUT2D eigenvalue weighted by molar-refractivity contribution is 0.0696. The van der Waals surface area contributed by atoms with E-state index < -0.39 is 5.97 Å². The molecule has 1 aliphatic carbocycles. The number of nitrogens with one attached hydrogen (secondary N) is 1. The average molecular weight is 240 g/mol. The van der Waals surface area contributed by atoms with Gasteiger partial charge in [-0.15, -0.1) is 11.3 Å². The second-order valence-corrected chi connectivity index (χ2v) is 5.02. The molecule has 2 rings (SSSR count). The van der Waals surface area contributed by atoms with E-state index in [0.29, 0.717) is 12.6 Å². The molecule has 88 valence electrons. The van der Waals surface area contributed by atoms with Crippen LogP contribution in [0.15, 0.2) is 5.38 Å². The second-order valence-electron chi connectivity index (χ2n) is 4.16. The summed E-state index contributed by atoms with van der Waals surface area (Å²) in [6, 6.07) is 0.587. The van der Waals surface area contributed by atoms with Crippen LogP contribution in [0.3, 0.4) is 0 Å². The largest absolute Gasteiger partial charge is 0.476 e. The molecule has 4 nitrogen and oxygen atoms in total. The number of carbonyl (C=O) groups is 1. The van der Waals surface area contributed by atoms with Gasteiger partial charge in [-0.05, 0) is 12.8 Å². The molecule has 0 aliphatic heterocycles. The summed E-state index contributed by atoms with van der Waals surface area (Å²) in [5.41, 5.74) is 0.841. The second kappa shape index (κ2) is 5.41. The standard InChI is InChI=1S/C11H16N2O2S/c14-11(15)10-13-9(7-16-10)6-12-8-4-2-1-3-5-8/h7-8,12H,1-6H2,(H,14,15). The van der Waals surface area contributed by atoms with Crippen molar-refractivity contribution in [2.75, 3.05) is 0 Å². The maximum Gasteiger partial charge on any atom is 0.365 e. The Kier molecular flexibility index (Phi) is 3.90. The molecule has 0 amide bonds. The zero-order valence-electron chi connectivity index (χ0n) is 9.11. The Labute approximate surface area is 98.7 Å². The third-order valence-electron chi connectivity index (χ3n) is 2.91. The van der Waals surface area contributed by atoms with Gasteiger partial charge in [-0.3, -0.25) is 0 Å². The van der Waals surface area contributed by atoms with Crippen molar-refractivity contribution in [2.45, 2.75) is 44.7 Å². The van der Waals surface area contributed by atoms with Crippen LogP contribution in [0.4, 0.5) is 0 Å². The van der Waals surface area contributed by atoms with Gasteiger partial charge in [-0.25, -0.2) is 9.78 Å². The van der Waals surface area contributed by atoms with Crippen LogP contribution in [-0.4, -0.2) is 22.1 Å². The first-order chi connectivity index (χ1) is 7.75. The lowest BCUT2D eigenvalue weighted by atomic mass is 9.95. The summed E-state index contributed by atoms with van der Waals surface area (Å²) >= 11 is 1.19. The maximum atomic E-state index is 10.6. The van der Waals surface area contributed by atoms with E-state index in [-0.39, 0.29) is 5.01 Å². The Hall–Kier alpha value is -0.940. The normalized spacial score (nSPS) is 17.5. The first-order valence-corrected chi connectivity index (χ1v) is 6.55. The maximum absolute atomic E-state index is 10.6. The highest BCUT2D eigenvalue weighted by Gasteiger charge is 2.14. The minimum Gasteiger partial charge on any atom is -0.476 e. The van der Waals surface area contributed by atoms with Crippen LogP contribution in [0.5, 0.6) is 0 Å². The summed E-state index contributed by atoms with van der Waals surface area (Å²) < 4.78 is 0. The van der Waals surface area contributed by atoms with E-state index >= 15 is 0 Å². The smallest absolute Gasteiger partial charge is 0.365 e. The summed E-state index contributed by atoms with van der Waals surface area (Å²) in [5, 5.41) is 14.2. The zero-order chi connectivity index (χ0) is 11.4. The molecule has 5 heteroatoms. The van der Waals surface area contributed by atoms with Crippen LogP contribution in [-0.2, 0) is 6.54 Å². The van der Waals surface area contributed by atoms with Crippen LogP contribution < -0.4 is 5.32 Å². The molecule has 1 aromatic heterocycles. The monoisotopic (exact) mass is 240 g/mol. The highest BCUT2D eigenvalue weighted by molar-refractivity contribution is 7.11. The molecule has 0 spiro atoms. The number of aromatic carboxylic acids is 1. The Morgan fingerprint density at radius 1 is 1.50 bits per heavy atom. The number of thiazole rings is 1. The van der Waals surface area contributed by atoms with Gasteiger partial charge in [0.2, 0.25) is 5.01 Å². The first kappa shape index (κ1) is 11.5. The first-order valence-electron chi connectivity index (χ1n) is 5.67. The molecule has 1 aromatic rings. The van der Waals surface area contributed by atoms with Crippen molar-refractivity contribution in [3.05, 3.63) is 16.1 Å². The Bertz CT molecular complexity index is 359. The molecule has 0 radical (unpaired) electrons. The minimum atomic E-state index is -0.936. The van der Waals surface area contributed by atoms with Gasteiger partial charge < -0.3 is 10.4 Å². The third-order valence-corrected chi connectivity index (χ3v) is 3.79. The summed E-state index contributed by atoms with van der Waals surface area (Å²) in [7, 11) is 0. The van der Waals surface area contributed by atoms with E-state index in [0.717, 1.165) is 5.69 Å². The van der Waals surface area contributed by atoms with Gasteiger partial charge in [0.25, 0.3) is 0 Å². The van der Waals surface area contributed by atoms with E-state index in [9.17, 15) is 4.79 Å². The molecule has 0 saturated heterocycles.